The summed E-state index contributed by atoms with van der Waals surface area (Å²) in [6.07, 6.45) is 0. The first-order valence-corrected chi connectivity index (χ1v) is 0. The van der Waals surface area contributed by atoms with Crippen molar-refractivity contribution >= 4 is 102 Å². The van der Waals surface area contributed by atoms with Crippen LogP contribution in [-0.2, 0) is 27.3 Å². The van der Waals surface area contributed by atoms with Crippen LogP contribution >= 0.6 is 0 Å². The van der Waals surface area contributed by atoms with Gasteiger partial charge in [0, 0.05) is 54.6 Å². The second-order valence-corrected chi connectivity index (χ2v) is 0. The molecule has 0 unspecified atom stereocenters. The molecule has 0 aromatic carbocycles. The van der Waals surface area contributed by atoms with Crippen molar-refractivity contribution in [1.82, 2.24) is 0 Å². The van der Waals surface area contributed by atoms with Gasteiger partial charge in [0.05, 0.1) is 0 Å². The molecule has 0 rings (SSSR count). The summed E-state index contributed by atoms with van der Waals surface area (Å²) in [6, 6.07) is 0. The fraction of sp³-hybridized carbons (Fsp3) is 0. The van der Waals surface area contributed by atoms with Gasteiger partial charge in [-0.25, -0.2) is 0 Å². The van der Waals surface area contributed by atoms with Gasteiger partial charge in [0.25, 0.3) is 0 Å². The maximum atomic E-state index is 0. The molecule has 0 saturated heterocycles. The van der Waals surface area contributed by atoms with Gasteiger partial charge in [-0.15, -0.1) is 0 Å². The van der Waals surface area contributed by atoms with E-state index in [1.54, 1.807) is 0 Å². The van der Waals surface area contributed by atoms with Crippen LogP contribution in [0.1, 0.15) is 2.85 Å². The Kier molecular flexibility index (Phi) is 93.8. The van der Waals surface area contributed by atoms with Crippen molar-refractivity contribution < 1.29 is 30.2 Å². The van der Waals surface area contributed by atoms with Crippen molar-refractivity contribution in [3.05, 3.63) is 0 Å². The van der Waals surface area contributed by atoms with Crippen molar-refractivity contribution in [2.24, 2.45) is 0 Å². The molecule has 0 nitrogen and oxygen atoms in total. The molecule has 4 heteroatoms. The first-order valence-electron chi connectivity index (χ1n) is 0. The molecular formula is H5BaCdInTl. The van der Waals surface area contributed by atoms with Gasteiger partial charge < -0.3 is 2.85 Å². The van der Waals surface area contributed by atoms with Gasteiger partial charge in [-0.3, -0.25) is 0 Å². The number of rotatable bonds is 0. The van der Waals surface area contributed by atoms with E-state index in [0.29, 0.717) is 0 Å². The number of hydrogen-bond donors (Lipinski definition) is 0. The fourth-order valence-corrected chi connectivity index (χ4v) is 0. The van der Waals surface area contributed by atoms with E-state index >= 15 is 0 Å². The molecule has 0 spiro atoms. The van der Waals surface area contributed by atoms with Crippen LogP contribution in [0.15, 0.2) is 0 Å². The average molecular weight is 574 g/mol. The Balaban J connectivity index is 0. The van der Waals surface area contributed by atoms with Gasteiger partial charge in [0.2, 0.25) is 0 Å². The van der Waals surface area contributed by atoms with Crippen molar-refractivity contribution in [3.63, 3.8) is 0 Å². The first kappa shape index (κ1) is 23.9. The zero-order valence-electron chi connectivity index (χ0n) is 3.99. The van der Waals surface area contributed by atoms with E-state index in [1.807, 2.05) is 0 Å². The van der Waals surface area contributed by atoms with Crippen LogP contribution < -0.4 is 0 Å². The molecule has 0 aromatic rings. The summed E-state index contributed by atoms with van der Waals surface area (Å²) in [6.45, 7) is 0. The second-order valence-electron chi connectivity index (χ2n) is 0. The van der Waals surface area contributed by atoms with E-state index < -0.39 is 0 Å². The summed E-state index contributed by atoms with van der Waals surface area (Å²) in [5.41, 5.74) is 0. The molecule has 0 saturated carbocycles. The molecular weight excluding hydrogens is 569 g/mol. The molecule has 1 radical (unpaired) electrons. The van der Waals surface area contributed by atoms with Crippen molar-refractivity contribution in [2.75, 3.05) is 0 Å². The van der Waals surface area contributed by atoms with Gasteiger partial charge in [-0.05, 0) is 0 Å². The van der Waals surface area contributed by atoms with Gasteiger partial charge in [0.15, 0.2) is 0 Å². The van der Waals surface area contributed by atoms with E-state index in [1.165, 1.54) is 0 Å². The fourth-order valence-electron chi connectivity index (χ4n) is 0. The standard InChI is InChI=1S/Ba.Cd.In.Tl.5H/q+2;;;;;;;2*-1. The molecule has 0 N–H and O–H groups in total. The van der Waals surface area contributed by atoms with Crippen molar-refractivity contribution in [3.8, 4) is 0 Å². The van der Waals surface area contributed by atoms with E-state index in [0.717, 1.165) is 0 Å². The molecule has 0 heterocycles. The van der Waals surface area contributed by atoms with Crippen LogP contribution in [0, 0.1) is 0 Å². The Morgan fingerprint density at radius 3 is 1.25 bits per heavy atom. The van der Waals surface area contributed by atoms with Gasteiger partial charge in [-0.1, -0.05) is 0 Å². The molecule has 0 amide bonds. The Morgan fingerprint density at radius 1 is 1.25 bits per heavy atom. The van der Waals surface area contributed by atoms with Crippen LogP contribution in [0.4, 0.5) is 0 Å². The minimum atomic E-state index is 0. The van der Waals surface area contributed by atoms with Crippen molar-refractivity contribution in [2.45, 2.75) is 0 Å². The maximum absolute atomic E-state index is 0. The second kappa shape index (κ2) is 15.7. The monoisotopic (exact) mass is 577 g/mol. The summed E-state index contributed by atoms with van der Waals surface area (Å²) >= 11 is 0. The van der Waals surface area contributed by atoms with Crippen molar-refractivity contribution in [1.29, 1.82) is 0 Å². The minimum Gasteiger partial charge on any atom is 0 e. The first-order chi connectivity index (χ1) is 0. The molecule has 0 bridgehead atoms. The molecule has 0 aliphatic heterocycles. The van der Waals surface area contributed by atoms with Crippen LogP contribution in [0.5, 0.6) is 0 Å². The summed E-state index contributed by atoms with van der Waals surface area (Å²) in [4.78, 5) is 0. The van der Waals surface area contributed by atoms with Crippen LogP contribution in [0.3, 0.4) is 0 Å². The maximum Gasteiger partial charge on any atom is 0 e. The van der Waals surface area contributed by atoms with E-state index in [2.05, 4.69) is 0 Å². The average Bonchev–Trinajstić information content (AvgIpc) is 0. The SMILES string of the molecule is [Ba+2].[Cd].[H-].[H-].[InH3].[Tl]. The molecule has 0 aromatic heterocycles. The Morgan fingerprint density at radius 2 is 1.25 bits per heavy atom. The zero-order valence-corrected chi connectivity index (χ0v) is 15.0. The third-order valence-corrected chi connectivity index (χ3v) is 0. The molecule has 15 valence electrons. The summed E-state index contributed by atoms with van der Waals surface area (Å²) in [5, 5.41) is 0. The van der Waals surface area contributed by atoms with Crippen LogP contribution in [-0.4, -0.2) is 102 Å². The predicted molar refractivity (Wildman–Crippen MR) is 23.7 cm³/mol. The number of hydrogen-bond acceptors (Lipinski definition) is 0. The van der Waals surface area contributed by atoms with Gasteiger partial charge in [0.1, 0.15) is 0 Å². The third-order valence-electron chi connectivity index (χ3n) is 0. The Hall–Kier alpha value is 4.29. The van der Waals surface area contributed by atoms with Crippen LogP contribution in [0.2, 0.25) is 0 Å². The molecule has 0 atom stereocenters. The summed E-state index contributed by atoms with van der Waals surface area (Å²) in [5.74, 6) is 0. The van der Waals surface area contributed by atoms with E-state index in [4.69, 9.17) is 0 Å². The third kappa shape index (κ3) is 9.56. The quantitative estimate of drug-likeness (QED) is 0.303. The molecule has 0 fully saturated rings. The predicted octanol–water partition coefficient (Wildman–Crippen LogP) is -1.72. The summed E-state index contributed by atoms with van der Waals surface area (Å²) in [7, 11) is 0. The van der Waals surface area contributed by atoms with Crippen LogP contribution in [0.25, 0.3) is 0 Å². The van der Waals surface area contributed by atoms with E-state index in [-0.39, 0.29) is 132 Å². The normalized spacial score (nSPS) is 0. The van der Waals surface area contributed by atoms with Gasteiger partial charge in [-0.2, -0.15) is 0 Å². The smallest absolute Gasteiger partial charge is 0 e. The van der Waals surface area contributed by atoms with E-state index in [9.17, 15) is 0 Å². The Labute approximate surface area is 128 Å². The molecule has 4 heavy (non-hydrogen) atoms. The van der Waals surface area contributed by atoms with Gasteiger partial charge >= 0.3 is 74.7 Å². The largest absolute Gasteiger partial charge is 0 e. The Bertz CT molecular complexity index is 13.5. The summed E-state index contributed by atoms with van der Waals surface area (Å²) < 4.78 is 0. The zero-order chi connectivity index (χ0) is 0. The molecule has 0 aliphatic carbocycles. The molecule has 0 aliphatic rings. The topological polar surface area (TPSA) is 0 Å². The minimum absolute atomic E-state index is 0.